The zero-order chi connectivity index (χ0) is 20.5. The Balaban J connectivity index is 1.45. The number of hydrogen-bond acceptors (Lipinski definition) is 3. The lowest BCUT2D eigenvalue weighted by atomic mass is 10.0. The van der Waals surface area contributed by atoms with E-state index in [2.05, 4.69) is 9.88 Å². The molecule has 1 N–H and O–H groups in total. The first-order valence-electron chi connectivity index (χ1n) is 9.85. The predicted molar refractivity (Wildman–Crippen MR) is 110 cm³/mol. The zero-order valence-corrected chi connectivity index (χ0v) is 16.7. The van der Waals surface area contributed by atoms with Gasteiger partial charge < -0.3 is 14.5 Å². The van der Waals surface area contributed by atoms with Crippen LogP contribution in [0.25, 0.3) is 10.9 Å². The highest BCUT2D eigenvalue weighted by Gasteiger charge is 2.27. The van der Waals surface area contributed by atoms with Gasteiger partial charge in [0.1, 0.15) is 11.3 Å². The van der Waals surface area contributed by atoms with Gasteiger partial charge in [-0.05, 0) is 25.0 Å². The molecule has 0 aliphatic carbocycles. The molecule has 4 rings (SSSR count). The molecule has 1 amide bonds. The first kappa shape index (κ1) is 19.4. The Kier molecular flexibility index (Phi) is 5.24. The number of aromatic nitrogens is 2. The largest absolute Gasteiger partial charge is 0.357 e. The molecule has 6 nitrogen and oxygen atoms in total. The molecule has 2 aromatic heterocycles. The molecule has 152 valence electrons. The van der Waals surface area contributed by atoms with Crippen LogP contribution in [0.3, 0.4) is 0 Å². The van der Waals surface area contributed by atoms with Crippen molar-refractivity contribution in [2.75, 3.05) is 20.1 Å². The molecule has 0 saturated carbocycles. The van der Waals surface area contributed by atoms with Gasteiger partial charge >= 0.3 is 0 Å². The SMILES string of the molecule is CN(C(=O)c1cn(C)c(=O)c2[nH]ccc12)C1CCN(Cc2ccccc2F)CC1. The summed E-state index contributed by atoms with van der Waals surface area (Å²) in [6.45, 7) is 2.20. The van der Waals surface area contributed by atoms with Gasteiger partial charge in [0.25, 0.3) is 11.5 Å². The van der Waals surface area contributed by atoms with Gasteiger partial charge in [-0.15, -0.1) is 0 Å². The molecule has 0 atom stereocenters. The lowest BCUT2D eigenvalue weighted by molar-refractivity contribution is 0.0637. The molecule has 1 fully saturated rings. The number of fused-ring (bicyclic) bond motifs is 1. The number of nitrogens with one attached hydrogen (secondary N) is 1. The van der Waals surface area contributed by atoms with E-state index in [-0.39, 0.29) is 23.3 Å². The fraction of sp³-hybridized carbons (Fsp3) is 0.364. The second kappa shape index (κ2) is 7.83. The Hall–Kier alpha value is -2.93. The van der Waals surface area contributed by atoms with Crippen LogP contribution in [0.4, 0.5) is 4.39 Å². The normalized spacial score (nSPS) is 15.7. The fourth-order valence-corrected chi connectivity index (χ4v) is 4.13. The van der Waals surface area contributed by atoms with E-state index < -0.39 is 0 Å². The maximum atomic E-state index is 13.9. The standard InChI is InChI=1S/C22H25FN4O2/c1-25-14-18(17-7-10-24-20(17)22(25)29)21(28)26(2)16-8-11-27(12-9-16)13-15-5-3-4-6-19(15)23/h3-7,10,14,16,24H,8-9,11-13H2,1-2H3. The lowest BCUT2D eigenvalue weighted by Crippen LogP contribution is -2.45. The number of piperidine rings is 1. The molecule has 3 heterocycles. The van der Waals surface area contributed by atoms with Crippen LogP contribution < -0.4 is 5.56 Å². The van der Waals surface area contributed by atoms with E-state index in [0.717, 1.165) is 25.9 Å². The molecule has 0 spiro atoms. The van der Waals surface area contributed by atoms with Crippen molar-refractivity contribution >= 4 is 16.8 Å². The molecular weight excluding hydrogens is 371 g/mol. The Morgan fingerprint density at radius 3 is 2.69 bits per heavy atom. The average molecular weight is 396 g/mol. The van der Waals surface area contributed by atoms with Gasteiger partial charge in [-0.1, -0.05) is 18.2 Å². The van der Waals surface area contributed by atoms with Crippen molar-refractivity contribution in [1.29, 1.82) is 0 Å². The Bertz CT molecular complexity index is 1100. The number of carbonyl (C=O) groups is 1. The minimum absolute atomic E-state index is 0.0854. The number of hydrogen-bond donors (Lipinski definition) is 1. The van der Waals surface area contributed by atoms with Crippen LogP contribution in [0.2, 0.25) is 0 Å². The van der Waals surface area contributed by atoms with Crippen molar-refractivity contribution < 1.29 is 9.18 Å². The summed E-state index contributed by atoms with van der Waals surface area (Å²) in [5.41, 5.74) is 1.53. The first-order valence-corrected chi connectivity index (χ1v) is 9.85. The van der Waals surface area contributed by atoms with Crippen molar-refractivity contribution in [1.82, 2.24) is 19.4 Å². The summed E-state index contributed by atoms with van der Waals surface area (Å²) in [6.07, 6.45) is 4.96. The highest BCUT2D eigenvalue weighted by molar-refractivity contribution is 6.05. The van der Waals surface area contributed by atoms with E-state index in [9.17, 15) is 14.0 Å². The van der Waals surface area contributed by atoms with Crippen LogP contribution >= 0.6 is 0 Å². The third-order valence-electron chi connectivity index (χ3n) is 5.90. The summed E-state index contributed by atoms with van der Waals surface area (Å²) in [6, 6.07) is 8.75. The van der Waals surface area contributed by atoms with Crippen LogP contribution in [-0.4, -0.2) is 51.4 Å². The zero-order valence-electron chi connectivity index (χ0n) is 16.7. The summed E-state index contributed by atoms with van der Waals surface area (Å²) in [4.78, 5) is 32.3. The lowest BCUT2D eigenvalue weighted by Gasteiger charge is -2.37. The maximum absolute atomic E-state index is 13.9. The smallest absolute Gasteiger partial charge is 0.274 e. The van der Waals surface area contributed by atoms with Crippen molar-refractivity contribution in [2.45, 2.75) is 25.4 Å². The summed E-state index contributed by atoms with van der Waals surface area (Å²) in [5, 5.41) is 0.655. The van der Waals surface area contributed by atoms with Crippen molar-refractivity contribution in [2.24, 2.45) is 7.05 Å². The topological polar surface area (TPSA) is 61.3 Å². The summed E-state index contributed by atoms with van der Waals surface area (Å²) >= 11 is 0. The maximum Gasteiger partial charge on any atom is 0.274 e. The molecule has 1 saturated heterocycles. The molecule has 0 radical (unpaired) electrons. The van der Waals surface area contributed by atoms with E-state index >= 15 is 0 Å². The Morgan fingerprint density at radius 1 is 1.24 bits per heavy atom. The van der Waals surface area contributed by atoms with E-state index in [0.29, 0.717) is 28.6 Å². The molecule has 29 heavy (non-hydrogen) atoms. The molecule has 0 unspecified atom stereocenters. The van der Waals surface area contributed by atoms with Crippen molar-refractivity contribution in [3.63, 3.8) is 0 Å². The van der Waals surface area contributed by atoms with E-state index in [1.807, 2.05) is 19.2 Å². The van der Waals surface area contributed by atoms with E-state index in [4.69, 9.17) is 0 Å². The Labute approximate surface area is 168 Å². The van der Waals surface area contributed by atoms with Gasteiger partial charge in [0.05, 0.1) is 5.56 Å². The number of H-pyrrole nitrogens is 1. The fourth-order valence-electron chi connectivity index (χ4n) is 4.13. The molecule has 1 aromatic carbocycles. The van der Waals surface area contributed by atoms with Crippen LogP contribution in [0.1, 0.15) is 28.8 Å². The Morgan fingerprint density at radius 2 is 1.97 bits per heavy atom. The molecule has 1 aliphatic rings. The molecule has 7 heteroatoms. The highest BCUT2D eigenvalue weighted by atomic mass is 19.1. The van der Waals surface area contributed by atoms with Crippen molar-refractivity contribution in [3.8, 4) is 0 Å². The first-order chi connectivity index (χ1) is 14.0. The summed E-state index contributed by atoms with van der Waals surface area (Å²) in [5.74, 6) is -0.259. The molecule has 1 aliphatic heterocycles. The van der Waals surface area contributed by atoms with Crippen LogP contribution in [0.15, 0.2) is 47.5 Å². The van der Waals surface area contributed by atoms with E-state index in [1.54, 1.807) is 36.5 Å². The van der Waals surface area contributed by atoms with Gasteiger partial charge in [0.15, 0.2) is 0 Å². The number of amides is 1. The second-order valence-electron chi connectivity index (χ2n) is 7.74. The average Bonchev–Trinajstić information content (AvgIpc) is 3.22. The van der Waals surface area contributed by atoms with Crippen LogP contribution in [0, 0.1) is 5.82 Å². The second-order valence-corrected chi connectivity index (χ2v) is 7.74. The molecule has 3 aromatic rings. The minimum atomic E-state index is -0.174. The number of carbonyl (C=O) groups excluding carboxylic acids is 1. The summed E-state index contributed by atoms with van der Waals surface area (Å²) in [7, 11) is 3.48. The van der Waals surface area contributed by atoms with Gasteiger partial charge in [0.2, 0.25) is 0 Å². The van der Waals surface area contributed by atoms with E-state index in [1.165, 1.54) is 10.6 Å². The highest BCUT2D eigenvalue weighted by Crippen LogP contribution is 2.22. The molecule has 0 bridgehead atoms. The third-order valence-corrected chi connectivity index (χ3v) is 5.90. The number of halogens is 1. The number of likely N-dealkylation sites (tertiary alicyclic amines) is 1. The number of pyridine rings is 1. The van der Waals surface area contributed by atoms with Gasteiger partial charge in [-0.2, -0.15) is 0 Å². The number of aryl methyl sites for hydroxylation is 1. The molecular formula is C22H25FN4O2. The monoisotopic (exact) mass is 396 g/mol. The third kappa shape index (κ3) is 3.70. The van der Waals surface area contributed by atoms with Gasteiger partial charge in [-0.25, -0.2) is 4.39 Å². The quantitative estimate of drug-likeness (QED) is 0.738. The van der Waals surface area contributed by atoms with Crippen LogP contribution in [-0.2, 0) is 13.6 Å². The van der Waals surface area contributed by atoms with Crippen LogP contribution in [0.5, 0.6) is 0 Å². The van der Waals surface area contributed by atoms with Gasteiger partial charge in [0, 0.05) is 63.1 Å². The number of rotatable bonds is 4. The minimum Gasteiger partial charge on any atom is -0.357 e. The number of benzene rings is 1. The number of nitrogens with zero attached hydrogens (tertiary/aromatic N) is 3. The summed E-state index contributed by atoms with van der Waals surface area (Å²) < 4.78 is 15.3. The van der Waals surface area contributed by atoms with Crippen molar-refractivity contribution in [3.05, 3.63) is 70.0 Å². The predicted octanol–water partition coefficient (Wildman–Crippen LogP) is 2.74. The van der Waals surface area contributed by atoms with Gasteiger partial charge in [-0.3, -0.25) is 14.5 Å². The number of aromatic amines is 1.